The Kier molecular flexibility index (Phi) is 6.06. The Bertz CT molecular complexity index is 463. The van der Waals surface area contributed by atoms with Crippen molar-refractivity contribution in [3.05, 3.63) is 35.4 Å². The highest BCUT2D eigenvalue weighted by Gasteiger charge is 2.20. The highest BCUT2D eigenvalue weighted by Crippen LogP contribution is 2.34. The Morgan fingerprint density at radius 1 is 0.957 bits per heavy atom. The molecule has 1 heterocycles. The molecule has 23 heavy (non-hydrogen) atoms. The first-order valence-corrected chi connectivity index (χ1v) is 9.10. The van der Waals surface area contributed by atoms with Crippen molar-refractivity contribution in [3.63, 3.8) is 0 Å². The predicted molar refractivity (Wildman–Crippen MR) is 92.6 cm³/mol. The third-order valence-corrected chi connectivity index (χ3v) is 5.46. The van der Waals surface area contributed by atoms with Crippen LogP contribution in [0.5, 0.6) is 0 Å². The minimum atomic E-state index is -0.406. The lowest BCUT2D eigenvalue weighted by Gasteiger charge is -2.35. The minimum absolute atomic E-state index is 0.232. The molecule has 1 saturated heterocycles. The van der Waals surface area contributed by atoms with E-state index < -0.39 is 6.10 Å². The van der Waals surface area contributed by atoms with E-state index in [-0.39, 0.29) is 6.61 Å². The van der Waals surface area contributed by atoms with Crippen LogP contribution < -0.4 is 0 Å². The molecule has 2 N–H and O–H groups in total. The van der Waals surface area contributed by atoms with Crippen LogP contribution in [-0.4, -0.2) is 65.9 Å². The van der Waals surface area contributed by atoms with Crippen LogP contribution >= 0.6 is 0 Å². The average Bonchev–Trinajstić information content (AvgIpc) is 3.11. The number of hydrogen-bond donors (Lipinski definition) is 2. The van der Waals surface area contributed by atoms with Crippen molar-refractivity contribution in [1.29, 1.82) is 0 Å². The minimum Gasteiger partial charge on any atom is -0.395 e. The summed E-state index contributed by atoms with van der Waals surface area (Å²) in [4.78, 5) is 4.60. The van der Waals surface area contributed by atoms with Crippen LogP contribution in [0.3, 0.4) is 0 Å². The molecule has 4 nitrogen and oxygen atoms in total. The second-order valence-electron chi connectivity index (χ2n) is 7.03. The second kappa shape index (κ2) is 8.25. The molecule has 1 aliphatic heterocycles. The quantitative estimate of drug-likeness (QED) is 0.842. The molecule has 2 aliphatic rings. The van der Waals surface area contributed by atoms with Gasteiger partial charge < -0.3 is 10.2 Å². The molecular formula is C19H30N2O2. The second-order valence-corrected chi connectivity index (χ2v) is 7.03. The van der Waals surface area contributed by atoms with Crippen LogP contribution in [0.4, 0.5) is 0 Å². The molecule has 0 aromatic heterocycles. The molecule has 0 unspecified atom stereocenters. The summed E-state index contributed by atoms with van der Waals surface area (Å²) >= 11 is 0. The Labute approximate surface area is 139 Å². The zero-order chi connectivity index (χ0) is 16.1. The SMILES string of the molecule is OCCN1CCN(C[C@H](O)c2ccc(C3CCCC3)cc2)CC1. The Morgan fingerprint density at radius 2 is 1.57 bits per heavy atom. The summed E-state index contributed by atoms with van der Waals surface area (Å²) in [5.41, 5.74) is 2.47. The summed E-state index contributed by atoms with van der Waals surface area (Å²) < 4.78 is 0. The predicted octanol–water partition coefficient (Wildman–Crippen LogP) is 1.99. The van der Waals surface area contributed by atoms with E-state index in [2.05, 4.69) is 34.1 Å². The van der Waals surface area contributed by atoms with Gasteiger partial charge in [-0.2, -0.15) is 0 Å². The summed E-state index contributed by atoms with van der Waals surface area (Å²) in [7, 11) is 0. The van der Waals surface area contributed by atoms with Crippen molar-refractivity contribution in [3.8, 4) is 0 Å². The molecule has 3 rings (SSSR count). The summed E-state index contributed by atoms with van der Waals surface area (Å²) in [5, 5.41) is 19.5. The van der Waals surface area contributed by atoms with Gasteiger partial charge in [-0.25, -0.2) is 0 Å². The van der Waals surface area contributed by atoms with Gasteiger partial charge in [0.15, 0.2) is 0 Å². The van der Waals surface area contributed by atoms with Crippen molar-refractivity contribution in [2.45, 2.75) is 37.7 Å². The summed E-state index contributed by atoms with van der Waals surface area (Å²) in [6, 6.07) is 8.65. The first kappa shape index (κ1) is 16.9. The van der Waals surface area contributed by atoms with Gasteiger partial charge in [0, 0.05) is 39.3 Å². The van der Waals surface area contributed by atoms with Crippen LogP contribution in [0.2, 0.25) is 0 Å². The molecule has 0 bridgehead atoms. The van der Waals surface area contributed by atoms with E-state index in [4.69, 9.17) is 5.11 Å². The molecule has 0 radical (unpaired) electrons. The molecule has 4 heteroatoms. The Morgan fingerprint density at radius 3 is 2.17 bits per heavy atom. The van der Waals surface area contributed by atoms with Crippen LogP contribution in [0, 0.1) is 0 Å². The Hall–Kier alpha value is -0.940. The van der Waals surface area contributed by atoms with Gasteiger partial charge in [0.2, 0.25) is 0 Å². The number of hydrogen-bond acceptors (Lipinski definition) is 4. The van der Waals surface area contributed by atoms with Crippen LogP contribution in [0.15, 0.2) is 24.3 Å². The van der Waals surface area contributed by atoms with Crippen molar-refractivity contribution in [1.82, 2.24) is 9.80 Å². The number of aliphatic hydroxyl groups is 2. The van der Waals surface area contributed by atoms with Crippen LogP contribution in [0.25, 0.3) is 0 Å². The number of rotatable bonds is 6. The molecular weight excluding hydrogens is 288 g/mol. The maximum Gasteiger partial charge on any atom is 0.0916 e. The number of β-amino-alcohol motifs (C(OH)–C–C–N with tert-alkyl or cyclic N) is 2. The third-order valence-electron chi connectivity index (χ3n) is 5.46. The topological polar surface area (TPSA) is 46.9 Å². The highest BCUT2D eigenvalue weighted by atomic mass is 16.3. The van der Waals surface area contributed by atoms with Gasteiger partial charge in [0.05, 0.1) is 12.7 Å². The zero-order valence-corrected chi connectivity index (χ0v) is 14.0. The molecule has 1 aromatic rings. The van der Waals surface area contributed by atoms with Crippen LogP contribution in [0.1, 0.15) is 48.8 Å². The highest BCUT2D eigenvalue weighted by molar-refractivity contribution is 5.27. The standard InChI is InChI=1S/C19H30N2O2/c22-14-13-20-9-11-21(12-10-20)15-19(23)18-7-5-17(6-8-18)16-3-1-2-4-16/h5-8,16,19,22-23H,1-4,9-15H2/t19-/m0/s1. The lowest BCUT2D eigenvalue weighted by atomic mass is 9.95. The Balaban J connectivity index is 1.49. The average molecular weight is 318 g/mol. The van der Waals surface area contributed by atoms with Gasteiger partial charge in [-0.05, 0) is 29.9 Å². The van der Waals surface area contributed by atoms with Gasteiger partial charge >= 0.3 is 0 Å². The third kappa shape index (κ3) is 4.54. The fourth-order valence-corrected chi connectivity index (χ4v) is 3.94. The smallest absolute Gasteiger partial charge is 0.0916 e. The van der Waals surface area contributed by atoms with Gasteiger partial charge in [-0.1, -0.05) is 37.1 Å². The maximum absolute atomic E-state index is 10.5. The van der Waals surface area contributed by atoms with Crippen molar-refractivity contribution in [2.24, 2.45) is 0 Å². The monoisotopic (exact) mass is 318 g/mol. The molecule has 1 atom stereocenters. The van der Waals surface area contributed by atoms with E-state index in [0.717, 1.165) is 44.2 Å². The molecule has 0 amide bonds. The number of benzene rings is 1. The van der Waals surface area contributed by atoms with Gasteiger partial charge in [-0.15, -0.1) is 0 Å². The zero-order valence-electron chi connectivity index (χ0n) is 14.0. The maximum atomic E-state index is 10.5. The molecule has 128 valence electrons. The van der Waals surface area contributed by atoms with Gasteiger partial charge in [0.25, 0.3) is 0 Å². The molecule has 0 spiro atoms. The lowest BCUT2D eigenvalue weighted by Crippen LogP contribution is -2.48. The number of aliphatic hydroxyl groups excluding tert-OH is 2. The first-order valence-electron chi connectivity index (χ1n) is 9.10. The number of piperazine rings is 1. The fraction of sp³-hybridized carbons (Fsp3) is 0.684. The summed E-state index contributed by atoms with van der Waals surface area (Å²) in [6.07, 6.45) is 4.95. The largest absolute Gasteiger partial charge is 0.395 e. The van der Waals surface area contributed by atoms with E-state index in [1.54, 1.807) is 0 Å². The van der Waals surface area contributed by atoms with Gasteiger partial charge in [-0.3, -0.25) is 9.80 Å². The van der Waals surface area contributed by atoms with E-state index in [9.17, 15) is 5.11 Å². The van der Waals surface area contributed by atoms with Crippen LogP contribution in [-0.2, 0) is 0 Å². The van der Waals surface area contributed by atoms with E-state index in [0.29, 0.717) is 6.54 Å². The van der Waals surface area contributed by atoms with Gasteiger partial charge in [0.1, 0.15) is 0 Å². The van der Waals surface area contributed by atoms with Crippen molar-refractivity contribution >= 4 is 0 Å². The van der Waals surface area contributed by atoms with Crippen molar-refractivity contribution in [2.75, 3.05) is 45.9 Å². The fourth-order valence-electron chi connectivity index (χ4n) is 3.94. The molecule has 1 aliphatic carbocycles. The van der Waals surface area contributed by atoms with E-state index in [1.807, 2.05) is 0 Å². The normalized spacial score (nSPS) is 22.5. The lowest BCUT2D eigenvalue weighted by molar-refractivity contribution is 0.0661. The molecule has 2 fully saturated rings. The summed E-state index contributed by atoms with van der Waals surface area (Å²) in [6.45, 7) is 5.60. The molecule has 1 saturated carbocycles. The first-order chi connectivity index (χ1) is 11.3. The van der Waals surface area contributed by atoms with E-state index in [1.165, 1.54) is 31.2 Å². The number of nitrogens with zero attached hydrogens (tertiary/aromatic N) is 2. The molecule has 1 aromatic carbocycles. The van der Waals surface area contributed by atoms with E-state index >= 15 is 0 Å². The van der Waals surface area contributed by atoms with Crippen molar-refractivity contribution < 1.29 is 10.2 Å². The summed E-state index contributed by atoms with van der Waals surface area (Å²) in [5.74, 6) is 0.737.